The summed E-state index contributed by atoms with van der Waals surface area (Å²) in [6.07, 6.45) is 0. The van der Waals surface area contributed by atoms with Gasteiger partial charge in [0.25, 0.3) is 0 Å². The van der Waals surface area contributed by atoms with Gasteiger partial charge in [-0.15, -0.1) is 0 Å². The van der Waals surface area contributed by atoms with Gasteiger partial charge in [-0.05, 0) is 111 Å². The molecule has 0 fully saturated rings. The van der Waals surface area contributed by atoms with Gasteiger partial charge in [-0.25, -0.2) is 0 Å². The second-order valence-electron chi connectivity index (χ2n) is 13.4. The standard InChI is InChI=1S/C50H34N2/c1-3-19-40(20-4-1)51(42-30-28-36(29-31-42)45-25-12-17-35-14-9-10-24-44(35)45)43-23-11-18-39(32-43)46-26-13-27-48-50(46)47-33-37-15-7-8-16-38(37)34-49(47)52(48)41-21-5-2-6-22-41/h1-34H. The third-order valence-electron chi connectivity index (χ3n) is 10.3. The molecule has 0 aliphatic carbocycles. The largest absolute Gasteiger partial charge is 0.310 e. The van der Waals surface area contributed by atoms with Gasteiger partial charge in [0.2, 0.25) is 0 Å². The van der Waals surface area contributed by atoms with Crippen molar-refractivity contribution in [2.75, 3.05) is 4.90 Å². The molecule has 0 spiro atoms. The van der Waals surface area contributed by atoms with Crippen LogP contribution < -0.4 is 4.90 Å². The molecule has 0 saturated heterocycles. The smallest absolute Gasteiger partial charge is 0.0547 e. The molecule has 0 aliphatic rings. The minimum Gasteiger partial charge on any atom is -0.310 e. The fraction of sp³-hybridized carbons (Fsp3) is 0. The van der Waals surface area contributed by atoms with Crippen LogP contribution in [-0.2, 0) is 0 Å². The molecule has 1 aromatic heterocycles. The molecule has 2 nitrogen and oxygen atoms in total. The maximum absolute atomic E-state index is 2.41. The summed E-state index contributed by atoms with van der Waals surface area (Å²) in [5.74, 6) is 0. The van der Waals surface area contributed by atoms with E-state index in [0.29, 0.717) is 0 Å². The van der Waals surface area contributed by atoms with Gasteiger partial charge in [0.15, 0.2) is 0 Å². The highest BCUT2D eigenvalue weighted by atomic mass is 15.1. The molecule has 52 heavy (non-hydrogen) atoms. The van der Waals surface area contributed by atoms with E-state index in [1.807, 2.05) is 0 Å². The van der Waals surface area contributed by atoms with Gasteiger partial charge in [0.1, 0.15) is 0 Å². The van der Waals surface area contributed by atoms with Crippen molar-refractivity contribution in [3.8, 4) is 27.9 Å². The highest BCUT2D eigenvalue weighted by molar-refractivity contribution is 6.18. The summed E-state index contributed by atoms with van der Waals surface area (Å²) < 4.78 is 2.41. The van der Waals surface area contributed by atoms with E-state index in [-0.39, 0.29) is 0 Å². The molecule has 10 rings (SSSR count). The monoisotopic (exact) mass is 662 g/mol. The van der Waals surface area contributed by atoms with Gasteiger partial charge in [-0.2, -0.15) is 0 Å². The van der Waals surface area contributed by atoms with E-state index in [1.54, 1.807) is 0 Å². The quantitative estimate of drug-likeness (QED) is 0.172. The minimum atomic E-state index is 1.11. The Morgan fingerprint density at radius 1 is 0.327 bits per heavy atom. The van der Waals surface area contributed by atoms with Crippen molar-refractivity contribution < 1.29 is 0 Å². The molecular weight excluding hydrogens is 629 g/mol. The molecule has 0 N–H and O–H groups in total. The van der Waals surface area contributed by atoms with E-state index in [9.17, 15) is 0 Å². The van der Waals surface area contributed by atoms with Crippen LogP contribution in [0.2, 0.25) is 0 Å². The second-order valence-corrected chi connectivity index (χ2v) is 13.4. The van der Waals surface area contributed by atoms with E-state index in [0.717, 1.165) is 22.7 Å². The number of fused-ring (bicyclic) bond motifs is 5. The van der Waals surface area contributed by atoms with Crippen LogP contribution in [0, 0.1) is 0 Å². The van der Waals surface area contributed by atoms with E-state index < -0.39 is 0 Å². The lowest BCUT2D eigenvalue weighted by Gasteiger charge is -2.26. The van der Waals surface area contributed by atoms with Crippen LogP contribution in [0.1, 0.15) is 0 Å². The molecule has 0 bridgehead atoms. The van der Waals surface area contributed by atoms with Gasteiger partial charge in [-0.1, -0.05) is 140 Å². The Kier molecular flexibility index (Phi) is 7.18. The summed E-state index contributed by atoms with van der Waals surface area (Å²) in [7, 11) is 0. The van der Waals surface area contributed by atoms with E-state index in [2.05, 4.69) is 216 Å². The third-order valence-corrected chi connectivity index (χ3v) is 10.3. The van der Waals surface area contributed by atoms with Crippen LogP contribution in [0.15, 0.2) is 206 Å². The fourth-order valence-corrected chi connectivity index (χ4v) is 7.95. The predicted molar refractivity (Wildman–Crippen MR) is 221 cm³/mol. The fourth-order valence-electron chi connectivity index (χ4n) is 7.95. The molecule has 244 valence electrons. The molecular formula is C50H34N2. The van der Waals surface area contributed by atoms with Crippen molar-refractivity contribution in [3.63, 3.8) is 0 Å². The first kappa shape index (κ1) is 30.0. The first-order valence-corrected chi connectivity index (χ1v) is 17.9. The second kappa shape index (κ2) is 12.5. The SMILES string of the molecule is c1ccc(N(c2ccc(-c3cccc4ccccc34)cc2)c2cccc(-c3cccc4c3c3cc5ccccc5cc3n4-c3ccccc3)c2)cc1. The van der Waals surface area contributed by atoms with Crippen molar-refractivity contribution in [1.82, 2.24) is 4.57 Å². The van der Waals surface area contributed by atoms with Crippen molar-refractivity contribution in [1.29, 1.82) is 0 Å². The lowest BCUT2D eigenvalue weighted by molar-refractivity contribution is 1.18. The summed E-state index contributed by atoms with van der Waals surface area (Å²) in [5.41, 5.74) is 11.7. The van der Waals surface area contributed by atoms with Crippen molar-refractivity contribution in [3.05, 3.63) is 206 Å². The van der Waals surface area contributed by atoms with Gasteiger partial charge in [0.05, 0.1) is 11.0 Å². The molecule has 0 unspecified atom stereocenters. The number of hydrogen-bond acceptors (Lipinski definition) is 1. The highest BCUT2D eigenvalue weighted by Crippen LogP contribution is 2.43. The first-order valence-electron chi connectivity index (χ1n) is 17.9. The maximum Gasteiger partial charge on any atom is 0.0547 e. The average Bonchev–Trinajstić information content (AvgIpc) is 3.54. The van der Waals surface area contributed by atoms with Crippen LogP contribution in [0.3, 0.4) is 0 Å². The highest BCUT2D eigenvalue weighted by Gasteiger charge is 2.19. The molecule has 0 aliphatic heterocycles. The average molecular weight is 663 g/mol. The molecule has 0 saturated carbocycles. The number of aromatic nitrogens is 1. The summed E-state index contributed by atoms with van der Waals surface area (Å²) >= 11 is 0. The normalized spacial score (nSPS) is 11.5. The Bertz CT molecular complexity index is 2880. The van der Waals surface area contributed by atoms with Crippen molar-refractivity contribution in [2.45, 2.75) is 0 Å². The molecule has 0 amide bonds. The van der Waals surface area contributed by atoms with Crippen LogP contribution in [0.25, 0.3) is 71.3 Å². The lowest BCUT2D eigenvalue weighted by atomic mass is 9.97. The Hall–Kier alpha value is -6.90. The Morgan fingerprint density at radius 3 is 1.73 bits per heavy atom. The molecule has 2 heteroatoms. The summed E-state index contributed by atoms with van der Waals surface area (Å²) in [6, 6.07) is 74.6. The third kappa shape index (κ3) is 5.04. The molecule has 1 heterocycles. The molecule has 0 atom stereocenters. The summed E-state index contributed by atoms with van der Waals surface area (Å²) in [6.45, 7) is 0. The zero-order valence-corrected chi connectivity index (χ0v) is 28.5. The number of benzene rings is 9. The van der Waals surface area contributed by atoms with E-state index in [4.69, 9.17) is 0 Å². The van der Waals surface area contributed by atoms with Crippen molar-refractivity contribution >= 4 is 60.4 Å². The Labute approximate surface area is 303 Å². The zero-order valence-electron chi connectivity index (χ0n) is 28.5. The number of rotatable bonds is 6. The first-order chi connectivity index (χ1) is 25.8. The van der Waals surface area contributed by atoms with Crippen molar-refractivity contribution in [2.24, 2.45) is 0 Å². The van der Waals surface area contributed by atoms with Crippen LogP contribution in [0.5, 0.6) is 0 Å². The topological polar surface area (TPSA) is 8.17 Å². The lowest BCUT2D eigenvalue weighted by Crippen LogP contribution is -2.09. The molecule has 9 aromatic carbocycles. The number of para-hydroxylation sites is 2. The van der Waals surface area contributed by atoms with Gasteiger partial charge >= 0.3 is 0 Å². The van der Waals surface area contributed by atoms with Gasteiger partial charge in [-0.3, -0.25) is 0 Å². The van der Waals surface area contributed by atoms with Gasteiger partial charge < -0.3 is 9.47 Å². The van der Waals surface area contributed by atoms with E-state index in [1.165, 1.54) is 65.6 Å². The number of anilines is 3. The Balaban J connectivity index is 1.14. The van der Waals surface area contributed by atoms with Crippen LogP contribution in [-0.4, -0.2) is 4.57 Å². The minimum absolute atomic E-state index is 1.11. The van der Waals surface area contributed by atoms with E-state index >= 15 is 0 Å². The molecule has 10 aromatic rings. The Morgan fingerprint density at radius 2 is 0.923 bits per heavy atom. The summed E-state index contributed by atoms with van der Waals surface area (Å²) in [5, 5.41) is 7.51. The van der Waals surface area contributed by atoms with Crippen LogP contribution >= 0.6 is 0 Å². The molecule has 0 radical (unpaired) electrons. The number of hydrogen-bond donors (Lipinski definition) is 0. The summed E-state index contributed by atoms with van der Waals surface area (Å²) in [4.78, 5) is 2.36. The van der Waals surface area contributed by atoms with Gasteiger partial charge in [0, 0.05) is 33.5 Å². The predicted octanol–water partition coefficient (Wildman–Crippen LogP) is 13.9. The maximum atomic E-state index is 2.41. The zero-order chi connectivity index (χ0) is 34.4. The van der Waals surface area contributed by atoms with Crippen LogP contribution in [0.4, 0.5) is 17.1 Å². The number of nitrogens with zero attached hydrogens (tertiary/aromatic N) is 2.